The van der Waals surface area contributed by atoms with E-state index in [1.807, 2.05) is 10.9 Å². The van der Waals surface area contributed by atoms with Gasteiger partial charge in [-0.1, -0.05) is 32.6 Å². The van der Waals surface area contributed by atoms with Crippen LogP contribution in [0.4, 0.5) is 42.0 Å². The highest BCUT2D eigenvalue weighted by Gasteiger charge is 2.42. The Bertz CT molecular complexity index is 1470. The van der Waals surface area contributed by atoms with Crippen LogP contribution in [0.3, 0.4) is 0 Å². The van der Waals surface area contributed by atoms with Crippen LogP contribution in [0.15, 0.2) is 55.2 Å². The predicted octanol–water partition coefficient (Wildman–Crippen LogP) is 3.76. The second-order valence-electron chi connectivity index (χ2n) is 9.99. The summed E-state index contributed by atoms with van der Waals surface area (Å²) in [6, 6.07) is 6.60. The van der Waals surface area contributed by atoms with Crippen LogP contribution < -0.4 is 20.9 Å². The minimum absolute atomic E-state index is 0.264. The number of ether oxygens (including phenoxy) is 2. The summed E-state index contributed by atoms with van der Waals surface area (Å²) >= 11 is 0. The van der Waals surface area contributed by atoms with Crippen molar-refractivity contribution in [3.8, 4) is 0 Å². The van der Waals surface area contributed by atoms with E-state index in [0.29, 0.717) is 38.1 Å². The Morgan fingerprint density at radius 1 is 1.13 bits per heavy atom. The van der Waals surface area contributed by atoms with E-state index in [4.69, 9.17) is 9.72 Å². The summed E-state index contributed by atoms with van der Waals surface area (Å²) in [6.07, 6.45) is 0.0954. The summed E-state index contributed by atoms with van der Waals surface area (Å²) in [6.45, 7) is 13.7. The highest BCUT2D eigenvalue weighted by atomic mass is 19.4. The number of hydrogen-bond acceptors (Lipinski definition) is 11. The predicted molar refractivity (Wildman–Crippen MR) is 162 cm³/mol. The molecule has 16 heteroatoms. The molecule has 0 bridgehead atoms. The second kappa shape index (κ2) is 15.3. The minimum atomic E-state index is -5.25. The molecule has 2 aromatic heterocycles. The average Bonchev–Trinajstić information content (AvgIpc) is 3.47. The zero-order valence-corrected chi connectivity index (χ0v) is 25.1. The molecule has 1 aromatic carbocycles. The highest BCUT2D eigenvalue weighted by Crippen LogP contribution is 2.27. The van der Waals surface area contributed by atoms with Crippen molar-refractivity contribution in [1.82, 2.24) is 24.6 Å². The van der Waals surface area contributed by atoms with Crippen LogP contribution in [-0.2, 0) is 32.2 Å². The SMILES string of the molecule is C=C(OC(=O)C(F)(F)F)C(=O)Nc1cccc(CNc2nc(Nc3cnn(CCN(CC)CC)c3)ncc2N2CCOCC2)c1. The topological polar surface area (TPSA) is 139 Å². The first kappa shape index (κ1) is 33.2. The van der Waals surface area contributed by atoms with Crippen LogP contribution in [0.5, 0.6) is 0 Å². The van der Waals surface area contributed by atoms with Gasteiger partial charge < -0.3 is 35.2 Å². The summed E-state index contributed by atoms with van der Waals surface area (Å²) < 4.78 is 48.7. The number of carbonyl (C=O) groups is 2. The molecule has 0 saturated carbocycles. The number of anilines is 5. The molecule has 3 heterocycles. The normalized spacial score (nSPS) is 13.4. The molecule has 0 unspecified atom stereocenters. The number of morpholine rings is 1. The van der Waals surface area contributed by atoms with Gasteiger partial charge in [0.2, 0.25) is 5.95 Å². The third kappa shape index (κ3) is 9.64. The number of nitrogens with one attached hydrogen (secondary N) is 3. The van der Waals surface area contributed by atoms with Gasteiger partial charge in [-0.25, -0.2) is 9.78 Å². The zero-order chi connectivity index (χ0) is 32.4. The number of rotatable bonds is 14. The lowest BCUT2D eigenvalue weighted by Crippen LogP contribution is -2.36. The molecule has 0 aliphatic carbocycles. The minimum Gasteiger partial charge on any atom is -0.415 e. The van der Waals surface area contributed by atoms with Crippen LogP contribution in [0, 0.1) is 0 Å². The zero-order valence-electron chi connectivity index (χ0n) is 25.1. The van der Waals surface area contributed by atoms with Crippen LogP contribution >= 0.6 is 0 Å². The first-order chi connectivity index (χ1) is 21.5. The van der Waals surface area contributed by atoms with Gasteiger partial charge in [-0.3, -0.25) is 9.48 Å². The summed E-state index contributed by atoms with van der Waals surface area (Å²) in [5.41, 5.74) is 2.51. The molecule has 242 valence electrons. The van der Waals surface area contributed by atoms with Crippen molar-refractivity contribution in [2.75, 3.05) is 66.8 Å². The number of nitrogens with zero attached hydrogens (tertiary/aromatic N) is 6. The first-order valence-corrected chi connectivity index (χ1v) is 14.4. The Balaban J connectivity index is 1.44. The third-order valence-corrected chi connectivity index (χ3v) is 6.90. The standard InChI is InChI=1S/C29H36F3N9O4/c1-4-39(5-2)9-10-41-19-23(17-35-41)37-28-34-18-24(40-11-13-44-14-12-40)25(38-28)33-16-21-7-6-8-22(15-21)36-26(42)20(3)45-27(43)29(30,31)32/h6-8,15,17-19H,3-5,9-14,16H2,1-2H3,(H,36,42)(H2,33,34,37,38). The molecular weight excluding hydrogens is 595 g/mol. The van der Waals surface area contributed by atoms with Crippen LogP contribution in [-0.4, -0.2) is 88.6 Å². The van der Waals surface area contributed by atoms with E-state index < -0.39 is 23.8 Å². The highest BCUT2D eigenvalue weighted by molar-refractivity contribution is 6.03. The van der Waals surface area contributed by atoms with Gasteiger partial charge in [-0.15, -0.1) is 0 Å². The number of alkyl halides is 3. The molecule has 0 spiro atoms. The van der Waals surface area contributed by atoms with Crippen molar-refractivity contribution < 1.29 is 32.2 Å². The van der Waals surface area contributed by atoms with E-state index in [0.717, 1.165) is 43.1 Å². The Morgan fingerprint density at radius 3 is 2.60 bits per heavy atom. The van der Waals surface area contributed by atoms with Gasteiger partial charge in [0, 0.05) is 38.1 Å². The smallest absolute Gasteiger partial charge is 0.415 e. The molecule has 3 N–H and O–H groups in total. The van der Waals surface area contributed by atoms with Crippen molar-refractivity contribution in [3.63, 3.8) is 0 Å². The molecular formula is C29H36F3N9O4. The first-order valence-electron chi connectivity index (χ1n) is 14.4. The molecule has 1 saturated heterocycles. The number of amides is 1. The van der Waals surface area contributed by atoms with Gasteiger partial charge in [0.1, 0.15) is 0 Å². The number of benzene rings is 1. The van der Waals surface area contributed by atoms with Crippen molar-refractivity contribution in [3.05, 3.63) is 60.8 Å². The maximum atomic E-state index is 12.5. The number of aromatic nitrogens is 4. The summed E-state index contributed by atoms with van der Waals surface area (Å²) in [5.74, 6) is -3.67. The van der Waals surface area contributed by atoms with Crippen molar-refractivity contribution >= 4 is 40.7 Å². The fourth-order valence-corrected chi connectivity index (χ4v) is 4.43. The van der Waals surface area contributed by atoms with Gasteiger partial charge in [-0.2, -0.15) is 23.3 Å². The second-order valence-corrected chi connectivity index (χ2v) is 9.99. The molecule has 0 radical (unpaired) electrons. The van der Waals surface area contributed by atoms with Gasteiger partial charge in [0.25, 0.3) is 5.91 Å². The summed E-state index contributed by atoms with van der Waals surface area (Å²) in [4.78, 5) is 36.9. The number of hydrogen-bond donors (Lipinski definition) is 3. The number of likely N-dealkylation sites (N-methyl/N-ethyl adjacent to an activating group) is 1. The lowest BCUT2D eigenvalue weighted by molar-refractivity contribution is -0.195. The Morgan fingerprint density at radius 2 is 1.89 bits per heavy atom. The van der Waals surface area contributed by atoms with Crippen molar-refractivity contribution in [1.29, 1.82) is 0 Å². The largest absolute Gasteiger partial charge is 0.491 e. The van der Waals surface area contributed by atoms with Crippen molar-refractivity contribution in [2.24, 2.45) is 0 Å². The average molecular weight is 632 g/mol. The van der Waals surface area contributed by atoms with E-state index >= 15 is 0 Å². The van der Waals surface area contributed by atoms with E-state index in [2.05, 4.69) is 61.0 Å². The molecule has 1 amide bonds. The summed E-state index contributed by atoms with van der Waals surface area (Å²) in [5, 5.41) is 13.3. The molecule has 4 rings (SSSR count). The fraction of sp³-hybridized carbons (Fsp3) is 0.414. The van der Waals surface area contributed by atoms with Crippen molar-refractivity contribution in [2.45, 2.75) is 33.1 Å². The lowest BCUT2D eigenvalue weighted by Gasteiger charge is -2.30. The van der Waals surface area contributed by atoms with E-state index in [1.54, 1.807) is 30.6 Å². The number of halogens is 3. The third-order valence-electron chi connectivity index (χ3n) is 6.90. The van der Waals surface area contributed by atoms with Gasteiger partial charge in [0.05, 0.1) is 43.5 Å². The Labute approximate surface area is 258 Å². The molecule has 1 fully saturated rings. The van der Waals surface area contributed by atoms with E-state index in [9.17, 15) is 22.8 Å². The van der Waals surface area contributed by atoms with Crippen LogP contribution in [0.25, 0.3) is 0 Å². The molecule has 13 nitrogen and oxygen atoms in total. The Hall–Kier alpha value is -4.70. The molecule has 1 aliphatic heterocycles. The van der Waals surface area contributed by atoms with Gasteiger partial charge in [-0.05, 0) is 30.8 Å². The maximum absolute atomic E-state index is 12.5. The quantitative estimate of drug-likeness (QED) is 0.136. The number of carbonyl (C=O) groups excluding carboxylic acids is 2. The van der Waals surface area contributed by atoms with E-state index in [-0.39, 0.29) is 12.2 Å². The number of esters is 1. The molecule has 3 aromatic rings. The monoisotopic (exact) mass is 631 g/mol. The van der Waals surface area contributed by atoms with E-state index in [1.165, 1.54) is 6.07 Å². The summed E-state index contributed by atoms with van der Waals surface area (Å²) in [7, 11) is 0. The van der Waals surface area contributed by atoms with Crippen LogP contribution in [0.1, 0.15) is 19.4 Å². The lowest BCUT2D eigenvalue weighted by atomic mass is 10.2. The molecule has 1 aliphatic rings. The maximum Gasteiger partial charge on any atom is 0.491 e. The fourth-order valence-electron chi connectivity index (χ4n) is 4.43. The van der Waals surface area contributed by atoms with Gasteiger partial charge >= 0.3 is 12.1 Å². The van der Waals surface area contributed by atoms with Gasteiger partial charge in [0.15, 0.2) is 11.6 Å². The Kier molecular flexibility index (Phi) is 11.3. The molecule has 45 heavy (non-hydrogen) atoms. The van der Waals surface area contributed by atoms with Crippen LogP contribution in [0.2, 0.25) is 0 Å². The molecule has 0 atom stereocenters.